The summed E-state index contributed by atoms with van der Waals surface area (Å²) < 4.78 is 0. The Morgan fingerprint density at radius 3 is 2.55 bits per heavy atom. The molecule has 62 valence electrons. The summed E-state index contributed by atoms with van der Waals surface area (Å²) in [4.78, 5) is 3.89. The zero-order chi connectivity index (χ0) is 7.56. The fourth-order valence-corrected chi connectivity index (χ4v) is 0.768. The van der Waals surface area contributed by atoms with E-state index < -0.39 is 0 Å². The predicted octanol–water partition coefficient (Wildman–Crippen LogP) is 2.18. The van der Waals surface area contributed by atoms with Crippen molar-refractivity contribution in [3.63, 3.8) is 0 Å². The van der Waals surface area contributed by atoms with Gasteiger partial charge in [0.05, 0.1) is 0 Å². The van der Waals surface area contributed by atoms with Crippen LogP contribution in [-0.2, 0) is 0 Å². The fraction of sp³-hybridized carbons (Fsp3) is 0.286. The summed E-state index contributed by atoms with van der Waals surface area (Å²) in [5.74, 6) is 0. The third-order valence-electron chi connectivity index (χ3n) is 1.28. The summed E-state index contributed by atoms with van der Waals surface area (Å²) in [6.07, 6.45) is 1.69. The van der Waals surface area contributed by atoms with Crippen molar-refractivity contribution in [2.24, 2.45) is 5.73 Å². The van der Waals surface area contributed by atoms with Crippen LogP contribution in [0.5, 0.6) is 0 Å². The quantitative estimate of drug-likeness (QED) is 0.694. The minimum Gasteiger partial charge on any atom is -0.324 e. The van der Waals surface area contributed by atoms with Gasteiger partial charge < -0.3 is 5.73 Å². The zero-order valence-corrected chi connectivity index (χ0v) is 7.69. The van der Waals surface area contributed by atoms with Crippen molar-refractivity contribution < 1.29 is 0 Å². The second-order valence-corrected chi connectivity index (χ2v) is 2.59. The molecule has 0 fully saturated rings. The first-order valence-corrected chi connectivity index (χ1v) is 3.45. The Hall–Kier alpha value is -0.310. The molecule has 0 amide bonds. The minimum atomic E-state index is 0. The molecule has 0 unspecified atom stereocenters. The number of pyridine rings is 1. The molecule has 1 aromatic rings. The van der Waals surface area contributed by atoms with Gasteiger partial charge in [0, 0.05) is 12.2 Å². The lowest BCUT2D eigenvalue weighted by molar-refractivity contribution is 0.812. The van der Waals surface area contributed by atoms with E-state index in [4.69, 9.17) is 17.3 Å². The van der Waals surface area contributed by atoms with Crippen LogP contribution >= 0.6 is 24.0 Å². The van der Waals surface area contributed by atoms with Crippen LogP contribution in [0.25, 0.3) is 0 Å². The van der Waals surface area contributed by atoms with Gasteiger partial charge in [-0.2, -0.15) is 0 Å². The number of hydrogen-bond acceptors (Lipinski definition) is 2. The van der Waals surface area contributed by atoms with Crippen molar-refractivity contribution in [3.05, 3.63) is 29.0 Å². The van der Waals surface area contributed by atoms with Crippen molar-refractivity contribution in [1.29, 1.82) is 0 Å². The Bertz CT molecular complexity index is 208. The monoisotopic (exact) mass is 192 g/mol. The summed E-state index contributed by atoms with van der Waals surface area (Å²) in [5, 5.41) is 0.504. The summed E-state index contributed by atoms with van der Waals surface area (Å²) in [7, 11) is 0. The van der Waals surface area contributed by atoms with Crippen molar-refractivity contribution in [1.82, 2.24) is 4.98 Å². The third kappa shape index (κ3) is 3.06. The number of halogens is 2. The molecular weight excluding hydrogens is 183 g/mol. The van der Waals surface area contributed by atoms with Crippen molar-refractivity contribution in [2.75, 3.05) is 0 Å². The molecule has 4 heteroatoms. The molecule has 0 aliphatic carbocycles. The largest absolute Gasteiger partial charge is 0.324 e. The summed E-state index contributed by atoms with van der Waals surface area (Å²) in [6.45, 7) is 1.91. The van der Waals surface area contributed by atoms with Crippen molar-refractivity contribution >= 4 is 24.0 Å². The van der Waals surface area contributed by atoms with Gasteiger partial charge in [0.25, 0.3) is 0 Å². The molecule has 2 nitrogen and oxygen atoms in total. The molecule has 0 aliphatic rings. The van der Waals surface area contributed by atoms with Gasteiger partial charge in [-0.25, -0.2) is 4.98 Å². The predicted molar refractivity (Wildman–Crippen MR) is 49.1 cm³/mol. The fourth-order valence-electron chi connectivity index (χ4n) is 0.657. The highest BCUT2D eigenvalue weighted by Crippen LogP contribution is 2.10. The highest BCUT2D eigenvalue weighted by atomic mass is 35.5. The first-order valence-electron chi connectivity index (χ1n) is 3.07. The number of aromatic nitrogens is 1. The molecule has 0 aromatic carbocycles. The third-order valence-corrected chi connectivity index (χ3v) is 1.50. The van der Waals surface area contributed by atoms with Gasteiger partial charge in [0.15, 0.2) is 0 Å². The second kappa shape index (κ2) is 4.54. The van der Waals surface area contributed by atoms with Crippen molar-refractivity contribution in [3.8, 4) is 0 Å². The Kier molecular flexibility index (Phi) is 4.42. The molecule has 11 heavy (non-hydrogen) atoms. The Balaban J connectivity index is 0.000001000. The first kappa shape index (κ1) is 10.7. The van der Waals surface area contributed by atoms with Crippen LogP contribution in [0.2, 0.25) is 5.15 Å². The van der Waals surface area contributed by atoms with Crippen LogP contribution in [-0.4, -0.2) is 4.98 Å². The maximum Gasteiger partial charge on any atom is 0.129 e. The molecule has 1 rings (SSSR count). The molecule has 1 heterocycles. The molecule has 0 aliphatic heterocycles. The van der Waals surface area contributed by atoms with Crippen LogP contribution in [0.4, 0.5) is 0 Å². The van der Waals surface area contributed by atoms with Gasteiger partial charge in [0.2, 0.25) is 0 Å². The van der Waals surface area contributed by atoms with E-state index in [0.29, 0.717) is 5.15 Å². The number of nitrogens with zero attached hydrogens (tertiary/aromatic N) is 1. The maximum absolute atomic E-state index is 5.58. The van der Waals surface area contributed by atoms with E-state index in [-0.39, 0.29) is 18.4 Å². The van der Waals surface area contributed by atoms with Crippen LogP contribution in [0.1, 0.15) is 18.5 Å². The van der Waals surface area contributed by atoms with Gasteiger partial charge in [-0.3, -0.25) is 0 Å². The van der Waals surface area contributed by atoms with Crippen molar-refractivity contribution in [2.45, 2.75) is 13.0 Å². The lowest BCUT2D eigenvalue weighted by Gasteiger charge is -2.02. The van der Waals surface area contributed by atoms with E-state index in [1.807, 2.05) is 13.0 Å². The highest BCUT2D eigenvalue weighted by molar-refractivity contribution is 6.29. The van der Waals surface area contributed by atoms with Crippen LogP contribution in [0.3, 0.4) is 0 Å². The second-order valence-electron chi connectivity index (χ2n) is 2.20. The normalized spacial score (nSPS) is 11.9. The Labute approximate surface area is 77.2 Å². The molecule has 0 saturated carbocycles. The summed E-state index contributed by atoms with van der Waals surface area (Å²) in [6, 6.07) is 3.64. The van der Waals surface area contributed by atoms with Gasteiger partial charge in [-0.1, -0.05) is 17.7 Å². The van der Waals surface area contributed by atoms with Gasteiger partial charge >= 0.3 is 0 Å². The number of hydrogen-bond donors (Lipinski definition) is 1. The van der Waals surface area contributed by atoms with Gasteiger partial charge in [-0.15, -0.1) is 12.4 Å². The average Bonchev–Trinajstić information content (AvgIpc) is 1.88. The first-order chi connectivity index (χ1) is 4.70. The molecule has 0 spiro atoms. The molecule has 0 saturated heterocycles. The maximum atomic E-state index is 5.58. The number of nitrogens with two attached hydrogens (primary N) is 1. The Morgan fingerprint density at radius 2 is 2.18 bits per heavy atom. The zero-order valence-electron chi connectivity index (χ0n) is 6.12. The van der Waals surface area contributed by atoms with E-state index in [1.165, 1.54) is 0 Å². The number of rotatable bonds is 1. The summed E-state index contributed by atoms with van der Waals surface area (Å²) >= 11 is 5.56. The van der Waals surface area contributed by atoms with Gasteiger partial charge in [-0.05, 0) is 18.6 Å². The molecule has 0 bridgehead atoms. The Morgan fingerprint density at radius 1 is 1.55 bits per heavy atom. The highest BCUT2D eigenvalue weighted by Gasteiger charge is 1.97. The standard InChI is InChI=1S/C7H9ClN2.ClH/c1-5(9)6-2-3-7(8)10-4-6;/h2-5H,9H2,1H3;1H/t5-;/m0./s1. The molecule has 1 aromatic heterocycles. The smallest absolute Gasteiger partial charge is 0.129 e. The molecule has 0 radical (unpaired) electrons. The average molecular weight is 193 g/mol. The van der Waals surface area contributed by atoms with E-state index in [1.54, 1.807) is 12.3 Å². The van der Waals surface area contributed by atoms with Crippen LogP contribution in [0, 0.1) is 0 Å². The van der Waals surface area contributed by atoms with E-state index in [9.17, 15) is 0 Å². The van der Waals surface area contributed by atoms with E-state index >= 15 is 0 Å². The molecule has 1 atom stereocenters. The lowest BCUT2D eigenvalue weighted by atomic mass is 10.2. The lowest BCUT2D eigenvalue weighted by Crippen LogP contribution is -2.04. The van der Waals surface area contributed by atoms with E-state index in [0.717, 1.165) is 5.56 Å². The van der Waals surface area contributed by atoms with Crippen LogP contribution < -0.4 is 5.73 Å². The van der Waals surface area contributed by atoms with Gasteiger partial charge in [0.1, 0.15) is 5.15 Å². The minimum absolute atomic E-state index is 0. The SMILES string of the molecule is C[C@H](N)c1ccc(Cl)nc1.Cl. The molecular formula is C7H10Cl2N2. The molecule has 2 N–H and O–H groups in total. The van der Waals surface area contributed by atoms with Crippen LogP contribution in [0.15, 0.2) is 18.3 Å². The summed E-state index contributed by atoms with van der Waals surface area (Å²) in [5.41, 5.74) is 6.58. The van der Waals surface area contributed by atoms with E-state index in [2.05, 4.69) is 4.98 Å². The topological polar surface area (TPSA) is 38.9 Å².